The lowest BCUT2D eigenvalue weighted by Gasteiger charge is -2.30. The molecular formula is C20H21N3O2S. The van der Waals surface area contributed by atoms with Gasteiger partial charge in [0.2, 0.25) is 0 Å². The minimum atomic E-state index is -0.303. The van der Waals surface area contributed by atoms with Crippen LogP contribution in [0.15, 0.2) is 46.8 Å². The number of thioether (sulfide) groups is 1. The number of amidine groups is 1. The second kappa shape index (κ2) is 6.76. The smallest absolute Gasteiger partial charge is 0.287 e. The summed E-state index contributed by atoms with van der Waals surface area (Å²) in [5, 5.41) is 0.733. The molecule has 3 heterocycles. The van der Waals surface area contributed by atoms with Crippen LogP contribution in [0.25, 0.3) is 5.57 Å². The zero-order valence-electron chi connectivity index (χ0n) is 14.8. The Hall–Kier alpha value is -2.34. The first-order valence-electron chi connectivity index (χ1n) is 8.92. The molecule has 5 nitrogen and oxygen atoms in total. The fourth-order valence-electron chi connectivity index (χ4n) is 3.60. The summed E-state index contributed by atoms with van der Waals surface area (Å²) >= 11 is 1.34. The molecule has 1 aromatic rings. The first kappa shape index (κ1) is 17.1. The number of hydrogen-bond donors (Lipinski definition) is 0. The van der Waals surface area contributed by atoms with Crippen LogP contribution in [0.5, 0.6) is 0 Å². The molecule has 4 rings (SSSR count). The molecule has 26 heavy (non-hydrogen) atoms. The van der Waals surface area contributed by atoms with Gasteiger partial charge in [-0.1, -0.05) is 31.2 Å². The number of aliphatic imine (C=N–C) groups is 1. The van der Waals surface area contributed by atoms with Gasteiger partial charge in [0.05, 0.1) is 16.2 Å². The van der Waals surface area contributed by atoms with Crippen LogP contribution in [0.4, 0.5) is 5.69 Å². The molecule has 6 heteroatoms. The second-order valence-electron chi connectivity index (χ2n) is 6.90. The van der Waals surface area contributed by atoms with Gasteiger partial charge < -0.3 is 9.80 Å². The maximum Gasteiger partial charge on any atom is 0.287 e. The minimum Gasteiger partial charge on any atom is -0.351 e. The van der Waals surface area contributed by atoms with Crippen molar-refractivity contribution in [3.05, 3.63) is 47.4 Å². The number of hydrogen-bond acceptors (Lipinski definition) is 4. The van der Waals surface area contributed by atoms with E-state index in [1.54, 1.807) is 11.0 Å². The van der Waals surface area contributed by atoms with Gasteiger partial charge in [0, 0.05) is 25.2 Å². The highest BCUT2D eigenvalue weighted by Gasteiger charge is 2.39. The van der Waals surface area contributed by atoms with Gasteiger partial charge in [-0.25, -0.2) is 0 Å². The molecule has 2 amide bonds. The maximum atomic E-state index is 13.0. The number of likely N-dealkylation sites (tertiary alicyclic amines) is 1. The van der Waals surface area contributed by atoms with Crippen molar-refractivity contribution < 1.29 is 9.59 Å². The maximum absolute atomic E-state index is 13.0. The third-order valence-corrected chi connectivity index (χ3v) is 6.22. The van der Waals surface area contributed by atoms with Gasteiger partial charge in [-0.05, 0) is 36.6 Å². The van der Waals surface area contributed by atoms with Gasteiger partial charge in [0.15, 0.2) is 5.17 Å². The SMILES string of the molecule is C=CCN1C(=O)/C(=C2\SC(N3CCC(C)CC3)=NC2=O)c2ccccc21. The molecule has 0 atom stereocenters. The molecule has 0 bridgehead atoms. The summed E-state index contributed by atoms with van der Waals surface area (Å²) in [5.74, 6) is 0.260. The van der Waals surface area contributed by atoms with E-state index in [0.717, 1.165) is 42.3 Å². The zero-order chi connectivity index (χ0) is 18.3. The van der Waals surface area contributed by atoms with Crippen molar-refractivity contribution in [3.63, 3.8) is 0 Å². The number of rotatable bonds is 2. The number of para-hydroxylation sites is 1. The normalized spacial score (nSPS) is 23.5. The zero-order valence-corrected chi connectivity index (χ0v) is 15.6. The number of amides is 2. The largest absolute Gasteiger partial charge is 0.351 e. The quantitative estimate of drug-likeness (QED) is 0.595. The van der Waals surface area contributed by atoms with Gasteiger partial charge >= 0.3 is 0 Å². The van der Waals surface area contributed by atoms with Crippen LogP contribution in [-0.4, -0.2) is 41.5 Å². The molecule has 0 aliphatic carbocycles. The van der Waals surface area contributed by atoms with Gasteiger partial charge in [-0.3, -0.25) is 9.59 Å². The first-order valence-corrected chi connectivity index (χ1v) is 9.74. The Balaban J connectivity index is 1.68. The molecule has 0 unspecified atom stereocenters. The number of piperidine rings is 1. The Kier molecular flexibility index (Phi) is 4.44. The lowest BCUT2D eigenvalue weighted by atomic mass is 10.00. The van der Waals surface area contributed by atoms with Crippen molar-refractivity contribution in [2.24, 2.45) is 10.9 Å². The van der Waals surface area contributed by atoms with Crippen molar-refractivity contribution in [2.45, 2.75) is 19.8 Å². The van der Waals surface area contributed by atoms with Crippen molar-refractivity contribution in [2.75, 3.05) is 24.5 Å². The summed E-state index contributed by atoms with van der Waals surface area (Å²) in [7, 11) is 0. The number of carbonyl (C=O) groups is 2. The Morgan fingerprint density at radius 2 is 2.00 bits per heavy atom. The summed E-state index contributed by atoms with van der Waals surface area (Å²) in [5.41, 5.74) is 2.11. The van der Waals surface area contributed by atoms with Crippen LogP contribution in [0, 0.1) is 5.92 Å². The van der Waals surface area contributed by atoms with Gasteiger partial charge in [-0.15, -0.1) is 6.58 Å². The van der Waals surface area contributed by atoms with Crippen molar-refractivity contribution in [3.8, 4) is 0 Å². The van der Waals surface area contributed by atoms with Crippen LogP contribution < -0.4 is 4.90 Å². The van der Waals surface area contributed by atoms with Crippen LogP contribution in [-0.2, 0) is 9.59 Å². The average Bonchev–Trinajstić information content (AvgIpc) is 3.14. The number of carbonyl (C=O) groups excluding carboxylic acids is 2. The number of benzene rings is 1. The summed E-state index contributed by atoms with van der Waals surface area (Å²) < 4.78 is 0. The molecule has 0 spiro atoms. The fourth-order valence-corrected chi connectivity index (χ4v) is 4.65. The molecule has 3 aliphatic heterocycles. The molecule has 134 valence electrons. The van der Waals surface area contributed by atoms with E-state index in [9.17, 15) is 9.59 Å². The lowest BCUT2D eigenvalue weighted by Crippen LogP contribution is -2.35. The molecular weight excluding hydrogens is 346 g/mol. The standard InChI is InChI=1S/C20H21N3O2S/c1-3-10-23-15-7-5-4-6-14(15)16(19(23)25)17-18(24)21-20(26-17)22-11-8-13(2)9-12-22/h3-7,13H,1,8-12H2,2H3/b17-16-. The summed E-state index contributed by atoms with van der Waals surface area (Å²) in [6, 6.07) is 7.59. The van der Waals surface area contributed by atoms with Crippen molar-refractivity contribution >= 4 is 40.0 Å². The molecule has 0 aromatic heterocycles. The fraction of sp³-hybridized carbons (Fsp3) is 0.350. The second-order valence-corrected chi connectivity index (χ2v) is 7.87. The number of nitrogens with zero attached hydrogens (tertiary/aromatic N) is 3. The van der Waals surface area contributed by atoms with Crippen molar-refractivity contribution in [1.29, 1.82) is 0 Å². The number of fused-ring (bicyclic) bond motifs is 1. The highest BCUT2D eigenvalue weighted by molar-refractivity contribution is 8.18. The van der Waals surface area contributed by atoms with Gasteiger partial charge in [0.25, 0.3) is 11.8 Å². The molecule has 1 aromatic carbocycles. The molecule has 3 aliphatic rings. The molecule has 0 saturated carbocycles. The highest BCUT2D eigenvalue weighted by Crippen LogP contribution is 2.43. The van der Waals surface area contributed by atoms with E-state index in [2.05, 4.69) is 23.4 Å². The Bertz CT molecular complexity index is 850. The predicted molar refractivity (Wildman–Crippen MR) is 106 cm³/mol. The first-order chi connectivity index (χ1) is 12.6. The minimum absolute atomic E-state index is 0.148. The average molecular weight is 367 g/mol. The van der Waals surface area contributed by atoms with Crippen LogP contribution in [0.1, 0.15) is 25.3 Å². The van der Waals surface area contributed by atoms with Crippen LogP contribution in [0.2, 0.25) is 0 Å². The third kappa shape index (κ3) is 2.78. The number of anilines is 1. The van der Waals surface area contributed by atoms with E-state index in [1.807, 2.05) is 24.3 Å². The summed E-state index contributed by atoms with van der Waals surface area (Å²) in [6.07, 6.45) is 3.91. The lowest BCUT2D eigenvalue weighted by molar-refractivity contribution is -0.115. The third-order valence-electron chi connectivity index (χ3n) is 5.10. The Morgan fingerprint density at radius 3 is 2.73 bits per heavy atom. The summed E-state index contributed by atoms with van der Waals surface area (Å²) in [4.78, 5) is 34.2. The molecule has 1 saturated heterocycles. The van der Waals surface area contributed by atoms with E-state index in [-0.39, 0.29) is 11.8 Å². The summed E-state index contributed by atoms with van der Waals surface area (Å²) in [6.45, 7) is 8.23. The van der Waals surface area contributed by atoms with Crippen LogP contribution in [0.3, 0.4) is 0 Å². The molecule has 0 radical (unpaired) electrons. The monoisotopic (exact) mass is 367 g/mol. The van der Waals surface area contributed by atoms with E-state index >= 15 is 0 Å². The topological polar surface area (TPSA) is 53.0 Å². The van der Waals surface area contributed by atoms with Gasteiger partial charge in [0.1, 0.15) is 0 Å². The van der Waals surface area contributed by atoms with E-state index < -0.39 is 0 Å². The van der Waals surface area contributed by atoms with Crippen molar-refractivity contribution in [1.82, 2.24) is 4.90 Å². The molecule has 0 N–H and O–H groups in total. The van der Waals surface area contributed by atoms with Crippen LogP contribution >= 0.6 is 11.8 Å². The predicted octanol–water partition coefficient (Wildman–Crippen LogP) is 3.29. The van der Waals surface area contributed by atoms with E-state index in [0.29, 0.717) is 22.9 Å². The Labute approximate surface area is 157 Å². The molecule has 1 fully saturated rings. The van der Waals surface area contributed by atoms with E-state index in [4.69, 9.17) is 0 Å². The highest BCUT2D eigenvalue weighted by atomic mass is 32.2. The Morgan fingerprint density at radius 1 is 1.27 bits per heavy atom. The van der Waals surface area contributed by atoms with E-state index in [1.165, 1.54) is 11.8 Å². The van der Waals surface area contributed by atoms with Gasteiger partial charge in [-0.2, -0.15) is 4.99 Å².